The second-order valence-electron chi connectivity index (χ2n) is 3.84. The topological polar surface area (TPSA) is 108 Å². The van der Waals surface area contributed by atoms with Gasteiger partial charge in [-0.15, -0.1) is 0 Å². The Balaban J connectivity index is 1.95. The van der Waals surface area contributed by atoms with E-state index in [0.29, 0.717) is 5.76 Å². The van der Waals surface area contributed by atoms with Crippen molar-refractivity contribution in [2.24, 2.45) is 0 Å². The van der Waals surface area contributed by atoms with E-state index in [0.717, 1.165) is 6.07 Å². The first-order valence-corrected chi connectivity index (χ1v) is 5.70. The van der Waals surface area contributed by atoms with Crippen molar-refractivity contribution in [2.75, 3.05) is 13.7 Å². The Bertz CT molecular complexity index is 589. The van der Waals surface area contributed by atoms with Crippen molar-refractivity contribution in [3.63, 3.8) is 0 Å². The van der Waals surface area contributed by atoms with Gasteiger partial charge in [-0.05, 0) is 18.2 Å². The van der Waals surface area contributed by atoms with E-state index in [1.54, 1.807) is 12.1 Å². The molecule has 0 aliphatic carbocycles. The van der Waals surface area contributed by atoms with Gasteiger partial charge in [0.15, 0.2) is 5.76 Å². The number of carbonyl (C=O) groups excluding carboxylic acids is 1. The molecule has 8 nitrogen and oxygen atoms in total. The summed E-state index contributed by atoms with van der Waals surface area (Å²) in [5, 5.41) is 13.0. The highest BCUT2D eigenvalue weighted by Gasteiger charge is 2.19. The number of amides is 1. The molecule has 0 fully saturated rings. The molecule has 0 aromatic carbocycles. The molecule has 2 aromatic rings. The zero-order chi connectivity index (χ0) is 14.5. The van der Waals surface area contributed by atoms with Crippen molar-refractivity contribution in [3.05, 3.63) is 52.2 Å². The van der Waals surface area contributed by atoms with Crippen molar-refractivity contribution in [3.8, 4) is 0 Å². The number of methoxy groups -OCH3 is 1. The Labute approximate surface area is 113 Å². The third kappa shape index (κ3) is 3.04. The lowest BCUT2D eigenvalue weighted by Gasteiger charge is -2.12. The standard InChI is InChI=1S/C12H12N2O6/c1-18-10(8-3-2-6-19-8)7-13-12(15)9-4-5-11(20-9)14(16)17/h2-6,10H,7H2,1H3,(H,13,15). The number of nitrogens with one attached hydrogen (secondary N) is 1. The van der Waals surface area contributed by atoms with Crippen LogP contribution in [0.25, 0.3) is 0 Å². The van der Waals surface area contributed by atoms with E-state index < -0.39 is 22.8 Å². The van der Waals surface area contributed by atoms with Crippen molar-refractivity contribution < 1.29 is 23.3 Å². The van der Waals surface area contributed by atoms with Crippen LogP contribution in [-0.2, 0) is 4.74 Å². The van der Waals surface area contributed by atoms with Gasteiger partial charge in [0, 0.05) is 7.11 Å². The SMILES string of the molecule is COC(CNC(=O)c1ccc([N+](=O)[O-])o1)c1ccco1. The van der Waals surface area contributed by atoms with Gasteiger partial charge in [-0.25, -0.2) is 0 Å². The minimum Gasteiger partial charge on any atom is -0.467 e. The lowest BCUT2D eigenvalue weighted by molar-refractivity contribution is -0.402. The van der Waals surface area contributed by atoms with Crippen LogP contribution in [0.2, 0.25) is 0 Å². The van der Waals surface area contributed by atoms with Gasteiger partial charge in [0.2, 0.25) is 0 Å². The maximum Gasteiger partial charge on any atom is 0.433 e. The largest absolute Gasteiger partial charge is 0.467 e. The van der Waals surface area contributed by atoms with Crippen LogP contribution in [0.5, 0.6) is 0 Å². The van der Waals surface area contributed by atoms with Crippen LogP contribution >= 0.6 is 0 Å². The number of ether oxygens (including phenoxy) is 1. The first kappa shape index (κ1) is 13.8. The number of nitrogens with zero attached hydrogens (tertiary/aromatic N) is 1. The number of rotatable bonds is 6. The Morgan fingerprint density at radius 2 is 2.30 bits per heavy atom. The van der Waals surface area contributed by atoms with Gasteiger partial charge >= 0.3 is 5.88 Å². The Morgan fingerprint density at radius 1 is 1.50 bits per heavy atom. The van der Waals surface area contributed by atoms with Crippen molar-refractivity contribution in [1.29, 1.82) is 0 Å². The van der Waals surface area contributed by atoms with Crippen LogP contribution in [-0.4, -0.2) is 24.5 Å². The molecule has 1 unspecified atom stereocenters. The molecule has 1 N–H and O–H groups in total. The minimum atomic E-state index is -0.711. The quantitative estimate of drug-likeness (QED) is 0.639. The van der Waals surface area contributed by atoms with Gasteiger partial charge in [0.1, 0.15) is 16.8 Å². The van der Waals surface area contributed by atoms with Crippen LogP contribution in [0, 0.1) is 10.1 Å². The summed E-state index contributed by atoms with van der Waals surface area (Å²) in [4.78, 5) is 21.5. The van der Waals surface area contributed by atoms with Gasteiger partial charge in [0.25, 0.3) is 5.91 Å². The molecule has 1 atom stereocenters. The van der Waals surface area contributed by atoms with E-state index in [4.69, 9.17) is 13.6 Å². The summed E-state index contributed by atoms with van der Waals surface area (Å²) in [6, 6.07) is 5.79. The monoisotopic (exact) mass is 280 g/mol. The normalized spacial score (nSPS) is 12.1. The van der Waals surface area contributed by atoms with Crippen LogP contribution in [0.3, 0.4) is 0 Å². The summed E-state index contributed by atoms with van der Waals surface area (Å²) in [6.45, 7) is 0.150. The fourth-order valence-corrected chi connectivity index (χ4v) is 1.59. The van der Waals surface area contributed by atoms with Gasteiger partial charge < -0.3 is 18.9 Å². The first-order chi connectivity index (χ1) is 9.61. The van der Waals surface area contributed by atoms with Crippen LogP contribution < -0.4 is 5.32 Å². The number of hydrogen-bond donors (Lipinski definition) is 1. The second kappa shape index (κ2) is 6.02. The van der Waals surface area contributed by atoms with Crippen LogP contribution in [0.15, 0.2) is 39.4 Å². The average molecular weight is 280 g/mol. The summed E-state index contributed by atoms with van der Waals surface area (Å²) in [7, 11) is 1.48. The second-order valence-corrected chi connectivity index (χ2v) is 3.84. The van der Waals surface area contributed by atoms with E-state index in [1.165, 1.54) is 19.4 Å². The number of carbonyl (C=O) groups is 1. The number of furan rings is 2. The summed E-state index contributed by atoms with van der Waals surface area (Å²) in [5.74, 6) is -0.611. The molecular weight excluding hydrogens is 268 g/mol. The average Bonchev–Trinajstić information content (AvgIpc) is 3.10. The molecule has 0 saturated heterocycles. The van der Waals surface area contributed by atoms with E-state index in [1.807, 2.05) is 0 Å². The van der Waals surface area contributed by atoms with E-state index in [2.05, 4.69) is 5.32 Å². The molecule has 0 bridgehead atoms. The van der Waals surface area contributed by atoms with Crippen molar-refractivity contribution >= 4 is 11.8 Å². The number of hydrogen-bond acceptors (Lipinski definition) is 6. The highest BCUT2D eigenvalue weighted by Crippen LogP contribution is 2.17. The molecular formula is C12H12N2O6. The van der Waals surface area contributed by atoms with Crippen LogP contribution in [0.4, 0.5) is 5.88 Å². The third-order valence-electron chi connectivity index (χ3n) is 2.59. The molecule has 1 amide bonds. The molecule has 8 heteroatoms. The number of nitro groups is 1. The summed E-state index contributed by atoms with van der Waals surface area (Å²) >= 11 is 0. The molecule has 20 heavy (non-hydrogen) atoms. The summed E-state index contributed by atoms with van der Waals surface area (Å²) in [6.07, 6.45) is 1.05. The molecule has 0 saturated carbocycles. The van der Waals surface area contributed by atoms with Gasteiger partial charge in [0.05, 0.1) is 18.9 Å². The van der Waals surface area contributed by atoms with Gasteiger partial charge in [-0.3, -0.25) is 14.9 Å². The van der Waals surface area contributed by atoms with Gasteiger partial charge in [-0.2, -0.15) is 0 Å². The maximum absolute atomic E-state index is 11.8. The summed E-state index contributed by atoms with van der Waals surface area (Å²) < 4.78 is 15.1. The molecule has 0 aliphatic rings. The predicted molar refractivity (Wildman–Crippen MR) is 66.2 cm³/mol. The fraction of sp³-hybridized carbons (Fsp3) is 0.250. The zero-order valence-electron chi connectivity index (χ0n) is 10.6. The Hall–Kier alpha value is -2.61. The minimum absolute atomic E-state index is 0.133. The Morgan fingerprint density at radius 3 is 2.85 bits per heavy atom. The molecule has 106 valence electrons. The lowest BCUT2D eigenvalue weighted by Crippen LogP contribution is -2.28. The molecule has 0 radical (unpaired) electrons. The van der Waals surface area contributed by atoms with Crippen molar-refractivity contribution in [2.45, 2.75) is 6.10 Å². The van der Waals surface area contributed by atoms with Crippen molar-refractivity contribution in [1.82, 2.24) is 5.32 Å². The van der Waals surface area contributed by atoms with Gasteiger partial charge in [-0.1, -0.05) is 0 Å². The smallest absolute Gasteiger partial charge is 0.433 e. The van der Waals surface area contributed by atoms with E-state index >= 15 is 0 Å². The van der Waals surface area contributed by atoms with E-state index in [9.17, 15) is 14.9 Å². The molecule has 0 spiro atoms. The van der Waals surface area contributed by atoms with Crippen LogP contribution in [0.1, 0.15) is 22.4 Å². The molecule has 2 aromatic heterocycles. The first-order valence-electron chi connectivity index (χ1n) is 5.70. The molecule has 2 rings (SSSR count). The van der Waals surface area contributed by atoms with E-state index in [-0.39, 0.29) is 12.3 Å². The zero-order valence-corrected chi connectivity index (χ0v) is 10.6. The summed E-state index contributed by atoms with van der Waals surface area (Å²) in [5.41, 5.74) is 0. The maximum atomic E-state index is 11.8. The molecule has 2 heterocycles. The fourth-order valence-electron chi connectivity index (χ4n) is 1.59. The highest BCUT2D eigenvalue weighted by molar-refractivity contribution is 5.91. The lowest BCUT2D eigenvalue weighted by atomic mass is 10.2. The highest BCUT2D eigenvalue weighted by atomic mass is 16.6. The third-order valence-corrected chi connectivity index (χ3v) is 2.59. The predicted octanol–water partition coefficient (Wildman–Crippen LogP) is 1.90. The Kier molecular flexibility index (Phi) is 4.16. The molecule has 0 aliphatic heterocycles.